The molecule has 1 heterocycles. The van der Waals surface area contributed by atoms with Gasteiger partial charge < -0.3 is 15.0 Å². The highest BCUT2D eigenvalue weighted by Crippen LogP contribution is 2.18. The summed E-state index contributed by atoms with van der Waals surface area (Å²) in [6.07, 6.45) is 2.76. The van der Waals surface area contributed by atoms with Gasteiger partial charge in [-0.3, -0.25) is 14.5 Å². The third kappa shape index (κ3) is 5.74. The van der Waals surface area contributed by atoms with Crippen molar-refractivity contribution in [1.82, 2.24) is 15.1 Å². The first-order valence-corrected chi connectivity index (χ1v) is 8.95. The summed E-state index contributed by atoms with van der Waals surface area (Å²) in [5, 5.41) is 2.93. The number of hydrogen-bond acceptors (Lipinski definition) is 4. The first kappa shape index (κ1) is 19.2. The van der Waals surface area contributed by atoms with E-state index in [0.717, 1.165) is 37.1 Å². The van der Waals surface area contributed by atoms with Gasteiger partial charge in [0.1, 0.15) is 5.75 Å². The van der Waals surface area contributed by atoms with E-state index in [4.69, 9.17) is 4.74 Å². The normalized spacial score (nSPS) is 17.3. The fraction of sp³-hybridized carbons (Fsp3) is 0.579. The van der Waals surface area contributed by atoms with Crippen LogP contribution >= 0.6 is 0 Å². The first-order valence-electron chi connectivity index (χ1n) is 8.95. The molecule has 0 radical (unpaired) electrons. The van der Waals surface area contributed by atoms with Gasteiger partial charge in [0.05, 0.1) is 19.2 Å². The number of nitrogens with zero attached hydrogens (tertiary/aromatic N) is 2. The van der Waals surface area contributed by atoms with Gasteiger partial charge in [0.15, 0.2) is 0 Å². The van der Waals surface area contributed by atoms with Crippen molar-refractivity contribution in [2.45, 2.75) is 38.8 Å². The summed E-state index contributed by atoms with van der Waals surface area (Å²) in [6.45, 7) is 4.32. The summed E-state index contributed by atoms with van der Waals surface area (Å²) in [7, 11) is 3.51. The molecule has 0 aliphatic carbocycles. The number of likely N-dealkylation sites (tertiary alicyclic amines) is 1. The van der Waals surface area contributed by atoms with Gasteiger partial charge in [-0.05, 0) is 43.5 Å². The standard InChI is InChI=1S/C19H29N3O3/c1-4-12-25-16-9-7-15(8-10-16)13-20-18(23)14-22-11-5-6-17(22)19(24)21(2)3/h7-10,17H,4-6,11-14H2,1-3H3,(H,20,23). The van der Waals surface area contributed by atoms with Gasteiger partial charge in [-0.15, -0.1) is 0 Å². The molecule has 2 amide bonds. The molecule has 25 heavy (non-hydrogen) atoms. The van der Waals surface area contributed by atoms with Crippen molar-refractivity contribution < 1.29 is 14.3 Å². The largest absolute Gasteiger partial charge is 0.494 e. The number of amides is 2. The van der Waals surface area contributed by atoms with Crippen LogP contribution in [0.5, 0.6) is 5.75 Å². The average molecular weight is 347 g/mol. The molecule has 0 spiro atoms. The Morgan fingerprint density at radius 3 is 2.64 bits per heavy atom. The fourth-order valence-corrected chi connectivity index (χ4v) is 2.96. The predicted molar refractivity (Wildman–Crippen MR) is 97.4 cm³/mol. The molecule has 1 fully saturated rings. The molecule has 1 aliphatic rings. The van der Waals surface area contributed by atoms with Crippen molar-refractivity contribution in [1.29, 1.82) is 0 Å². The zero-order valence-corrected chi connectivity index (χ0v) is 15.5. The third-order valence-corrected chi connectivity index (χ3v) is 4.32. The van der Waals surface area contributed by atoms with Crippen LogP contribution in [0.4, 0.5) is 0 Å². The van der Waals surface area contributed by atoms with Crippen LogP contribution in [-0.2, 0) is 16.1 Å². The maximum atomic E-state index is 12.2. The molecular formula is C19H29N3O3. The minimum absolute atomic E-state index is 0.0511. The third-order valence-electron chi connectivity index (χ3n) is 4.32. The van der Waals surface area contributed by atoms with E-state index in [-0.39, 0.29) is 24.4 Å². The second-order valence-corrected chi connectivity index (χ2v) is 6.63. The van der Waals surface area contributed by atoms with Crippen molar-refractivity contribution in [3.63, 3.8) is 0 Å². The van der Waals surface area contributed by atoms with Crippen LogP contribution in [0.25, 0.3) is 0 Å². The van der Waals surface area contributed by atoms with Crippen molar-refractivity contribution >= 4 is 11.8 Å². The maximum absolute atomic E-state index is 12.2. The van der Waals surface area contributed by atoms with Crippen LogP contribution < -0.4 is 10.1 Å². The first-order chi connectivity index (χ1) is 12.0. The molecule has 1 saturated heterocycles. The van der Waals surface area contributed by atoms with Crippen molar-refractivity contribution in [3.8, 4) is 5.75 Å². The molecule has 1 atom stereocenters. The van der Waals surface area contributed by atoms with Gasteiger partial charge in [0, 0.05) is 20.6 Å². The molecule has 138 valence electrons. The van der Waals surface area contributed by atoms with E-state index in [1.165, 1.54) is 0 Å². The smallest absolute Gasteiger partial charge is 0.239 e. The number of nitrogens with one attached hydrogen (secondary N) is 1. The summed E-state index contributed by atoms with van der Waals surface area (Å²) < 4.78 is 5.55. The van der Waals surface area contributed by atoms with Gasteiger partial charge in [0.2, 0.25) is 11.8 Å². The van der Waals surface area contributed by atoms with E-state index in [9.17, 15) is 9.59 Å². The zero-order chi connectivity index (χ0) is 18.2. The lowest BCUT2D eigenvalue weighted by Crippen LogP contribution is -2.46. The molecular weight excluding hydrogens is 318 g/mol. The van der Waals surface area contributed by atoms with E-state index >= 15 is 0 Å². The SMILES string of the molecule is CCCOc1ccc(CNC(=O)CN2CCCC2C(=O)N(C)C)cc1. The number of ether oxygens (including phenoxy) is 1. The second-order valence-electron chi connectivity index (χ2n) is 6.63. The van der Waals surface area contributed by atoms with Crippen LogP contribution in [0.3, 0.4) is 0 Å². The van der Waals surface area contributed by atoms with E-state index in [1.807, 2.05) is 29.2 Å². The van der Waals surface area contributed by atoms with E-state index < -0.39 is 0 Å². The Morgan fingerprint density at radius 1 is 1.28 bits per heavy atom. The Balaban J connectivity index is 1.79. The molecule has 0 saturated carbocycles. The zero-order valence-electron chi connectivity index (χ0n) is 15.5. The van der Waals surface area contributed by atoms with Crippen LogP contribution in [0.1, 0.15) is 31.7 Å². The number of carbonyl (C=O) groups is 2. The Hall–Kier alpha value is -2.08. The predicted octanol–water partition coefficient (Wildman–Crippen LogP) is 1.64. The number of likely N-dealkylation sites (N-methyl/N-ethyl adjacent to an activating group) is 1. The molecule has 1 aliphatic heterocycles. The molecule has 1 unspecified atom stereocenters. The number of carbonyl (C=O) groups excluding carboxylic acids is 2. The molecule has 2 rings (SSSR count). The van der Waals surface area contributed by atoms with Gasteiger partial charge in [-0.2, -0.15) is 0 Å². The highest BCUT2D eigenvalue weighted by atomic mass is 16.5. The van der Waals surface area contributed by atoms with Crippen LogP contribution in [0.2, 0.25) is 0 Å². The number of benzene rings is 1. The Bertz CT molecular complexity index is 572. The van der Waals surface area contributed by atoms with Gasteiger partial charge in [-0.25, -0.2) is 0 Å². The summed E-state index contributed by atoms with van der Waals surface area (Å²) in [5.74, 6) is 0.872. The second kappa shape index (κ2) is 9.42. The topological polar surface area (TPSA) is 61.9 Å². The number of hydrogen-bond donors (Lipinski definition) is 1. The molecule has 1 N–H and O–H groups in total. The van der Waals surface area contributed by atoms with Gasteiger partial charge >= 0.3 is 0 Å². The summed E-state index contributed by atoms with van der Waals surface area (Å²) in [5.41, 5.74) is 1.03. The van der Waals surface area contributed by atoms with Crippen molar-refractivity contribution in [3.05, 3.63) is 29.8 Å². The van der Waals surface area contributed by atoms with E-state index in [1.54, 1.807) is 19.0 Å². The molecule has 1 aromatic rings. The van der Waals surface area contributed by atoms with Crippen molar-refractivity contribution in [2.75, 3.05) is 33.8 Å². The minimum Gasteiger partial charge on any atom is -0.494 e. The van der Waals surface area contributed by atoms with E-state index in [2.05, 4.69) is 12.2 Å². The Kier molecular flexibility index (Phi) is 7.25. The quantitative estimate of drug-likeness (QED) is 0.777. The lowest BCUT2D eigenvalue weighted by molar-refractivity contribution is -0.134. The molecule has 6 nitrogen and oxygen atoms in total. The van der Waals surface area contributed by atoms with Crippen LogP contribution in [0.15, 0.2) is 24.3 Å². The molecule has 0 bridgehead atoms. The average Bonchev–Trinajstić information content (AvgIpc) is 3.06. The van der Waals surface area contributed by atoms with Crippen LogP contribution in [-0.4, -0.2) is 61.4 Å². The highest BCUT2D eigenvalue weighted by molar-refractivity contribution is 5.83. The van der Waals surface area contributed by atoms with Gasteiger partial charge in [0.25, 0.3) is 0 Å². The molecule has 0 aromatic heterocycles. The van der Waals surface area contributed by atoms with E-state index in [0.29, 0.717) is 13.2 Å². The van der Waals surface area contributed by atoms with Crippen LogP contribution in [0, 0.1) is 0 Å². The monoisotopic (exact) mass is 347 g/mol. The summed E-state index contributed by atoms with van der Waals surface area (Å²) in [4.78, 5) is 28.0. The Morgan fingerprint density at radius 2 is 2.00 bits per heavy atom. The summed E-state index contributed by atoms with van der Waals surface area (Å²) in [6, 6.07) is 7.59. The number of rotatable bonds is 8. The lowest BCUT2D eigenvalue weighted by Gasteiger charge is -2.25. The summed E-state index contributed by atoms with van der Waals surface area (Å²) >= 11 is 0. The minimum atomic E-state index is -0.171. The highest BCUT2D eigenvalue weighted by Gasteiger charge is 2.32. The van der Waals surface area contributed by atoms with Crippen molar-refractivity contribution in [2.24, 2.45) is 0 Å². The molecule has 1 aromatic carbocycles. The molecule has 6 heteroatoms. The maximum Gasteiger partial charge on any atom is 0.239 e. The van der Waals surface area contributed by atoms with Gasteiger partial charge in [-0.1, -0.05) is 19.1 Å². The Labute approximate surface area is 150 Å². The lowest BCUT2D eigenvalue weighted by atomic mass is 10.2. The fourth-order valence-electron chi connectivity index (χ4n) is 2.96.